The summed E-state index contributed by atoms with van der Waals surface area (Å²) in [6, 6.07) is 1.44. The lowest BCUT2D eigenvalue weighted by Gasteiger charge is -2.36. The fourth-order valence-electron chi connectivity index (χ4n) is 2.04. The number of carbonyl (C=O) groups is 1. The predicted octanol–water partition coefficient (Wildman–Crippen LogP) is 1.76. The minimum Gasteiger partial charge on any atom is -0.478 e. The molecule has 7 nitrogen and oxygen atoms in total. The van der Waals surface area contributed by atoms with Gasteiger partial charge in [0, 0.05) is 6.54 Å². The molecule has 20 heavy (non-hydrogen) atoms. The number of benzene rings is 1. The molecule has 0 amide bonds. The van der Waals surface area contributed by atoms with Crippen molar-refractivity contribution in [3.05, 3.63) is 33.6 Å². The first-order valence-corrected chi connectivity index (χ1v) is 6.00. The number of hydrogen-bond donors (Lipinski definition) is 3. The van der Waals surface area contributed by atoms with E-state index in [1.807, 2.05) is 0 Å². The zero-order chi connectivity index (χ0) is 14.9. The first-order chi connectivity index (χ1) is 9.32. The lowest BCUT2D eigenvalue weighted by molar-refractivity contribution is -0.384. The zero-order valence-electron chi connectivity index (χ0n) is 10.4. The second-order valence-corrected chi connectivity index (χ2v) is 4.84. The van der Waals surface area contributed by atoms with E-state index in [1.165, 1.54) is 0 Å². The number of anilines is 1. The van der Waals surface area contributed by atoms with Gasteiger partial charge >= 0.3 is 5.97 Å². The van der Waals surface area contributed by atoms with Gasteiger partial charge in [0.15, 0.2) is 0 Å². The Hall–Kier alpha value is -2.22. The number of rotatable bonds is 5. The fourth-order valence-corrected chi connectivity index (χ4v) is 2.04. The summed E-state index contributed by atoms with van der Waals surface area (Å²) in [7, 11) is 0. The van der Waals surface area contributed by atoms with Crippen molar-refractivity contribution in [3.63, 3.8) is 0 Å². The first kappa shape index (κ1) is 14.2. The van der Waals surface area contributed by atoms with Gasteiger partial charge in [0.2, 0.25) is 0 Å². The quantitative estimate of drug-likeness (QED) is 0.561. The van der Waals surface area contributed by atoms with Crippen molar-refractivity contribution in [1.82, 2.24) is 0 Å². The number of carboxylic acid groups (broad SMARTS) is 1. The van der Waals surface area contributed by atoms with Crippen molar-refractivity contribution in [2.75, 3.05) is 11.9 Å². The highest BCUT2D eigenvalue weighted by Crippen LogP contribution is 2.33. The van der Waals surface area contributed by atoms with E-state index in [2.05, 4.69) is 5.32 Å². The molecule has 0 heterocycles. The van der Waals surface area contributed by atoms with Gasteiger partial charge in [-0.25, -0.2) is 9.18 Å². The summed E-state index contributed by atoms with van der Waals surface area (Å²) in [4.78, 5) is 20.9. The van der Waals surface area contributed by atoms with E-state index in [1.54, 1.807) is 0 Å². The van der Waals surface area contributed by atoms with Crippen LogP contribution in [0.3, 0.4) is 0 Å². The number of aromatic carboxylic acids is 1. The van der Waals surface area contributed by atoms with Crippen LogP contribution in [-0.2, 0) is 0 Å². The van der Waals surface area contributed by atoms with E-state index >= 15 is 0 Å². The van der Waals surface area contributed by atoms with E-state index in [4.69, 9.17) is 5.11 Å². The Morgan fingerprint density at radius 3 is 2.60 bits per heavy atom. The Balaban J connectivity index is 2.30. The minimum atomic E-state index is -1.51. The third kappa shape index (κ3) is 2.69. The summed E-state index contributed by atoms with van der Waals surface area (Å²) in [5.41, 5.74) is -2.27. The van der Waals surface area contributed by atoms with Gasteiger partial charge in [-0.05, 0) is 25.3 Å². The molecule has 108 valence electrons. The molecule has 0 unspecified atom stereocenters. The highest BCUT2D eigenvalue weighted by atomic mass is 19.1. The van der Waals surface area contributed by atoms with Gasteiger partial charge < -0.3 is 15.5 Å². The number of nitro groups is 1. The number of nitro benzene ring substituents is 1. The summed E-state index contributed by atoms with van der Waals surface area (Å²) in [6.07, 6.45) is 2.01. The van der Waals surface area contributed by atoms with Crippen molar-refractivity contribution in [2.45, 2.75) is 24.9 Å². The Morgan fingerprint density at radius 2 is 2.15 bits per heavy atom. The van der Waals surface area contributed by atoms with Gasteiger partial charge in [-0.3, -0.25) is 10.1 Å². The van der Waals surface area contributed by atoms with Gasteiger partial charge in [-0.1, -0.05) is 0 Å². The summed E-state index contributed by atoms with van der Waals surface area (Å²) in [5, 5.41) is 32.2. The van der Waals surface area contributed by atoms with Gasteiger partial charge in [-0.15, -0.1) is 0 Å². The van der Waals surface area contributed by atoms with Crippen LogP contribution in [0.25, 0.3) is 0 Å². The molecule has 1 aliphatic carbocycles. The van der Waals surface area contributed by atoms with Crippen LogP contribution >= 0.6 is 0 Å². The Morgan fingerprint density at radius 1 is 1.50 bits per heavy atom. The van der Waals surface area contributed by atoms with Crippen LogP contribution in [0.4, 0.5) is 15.8 Å². The Bertz CT molecular complexity index is 571. The van der Waals surface area contributed by atoms with Crippen LogP contribution in [0.1, 0.15) is 29.6 Å². The maximum Gasteiger partial charge on any atom is 0.338 e. The first-order valence-electron chi connectivity index (χ1n) is 6.00. The second-order valence-electron chi connectivity index (χ2n) is 4.84. The van der Waals surface area contributed by atoms with Crippen molar-refractivity contribution in [3.8, 4) is 0 Å². The Kier molecular flexibility index (Phi) is 3.58. The Labute approximate surface area is 113 Å². The van der Waals surface area contributed by atoms with Crippen LogP contribution in [0.15, 0.2) is 12.1 Å². The van der Waals surface area contributed by atoms with Crippen molar-refractivity contribution in [2.24, 2.45) is 0 Å². The van der Waals surface area contributed by atoms with E-state index in [0.29, 0.717) is 18.9 Å². The molecular formula is C12H13FN2O5. The van der Waals surface area contributed by atoms with Crippen molar-refractivity contribution >= 4 is 17.3 Å². The van der Waals surface area contributed by atoms with Crippen LogP contribution in [-0.4, -0.2) is 33.3 Å². The van der Waals surface area contributed by atoms with Crippen molar-refractivity contribution in [1.29, 1.82) is 0 Å². The molecule has 1 aliphatic rings. The molecule has 1 aromatic rings. The number of nitrogens with one attached hydrogen (secondary N) is 1. The molecule has 0 bridgehead atoms. The lowest BCUT2D eigenvalue weighted by Crippen LogP contribution is -2.43. The molecule has 1 fully saturated rings. The highest BCUT2D eigenvalue weighted by molar-refractivity contribution is 5.90. The van der Waals surface area contributed by atoms with Crippen LogP contribution < -0.4 is 5.32 Å². The molecule has 1 saturated carbocycles. The fraction of sp³-hybridized carbons (Fsp3) is 0.417. The molecule has 0 aliphatic heterocycles. The minimum absolute atomic E-state index is 0.0541. The van der Waals surface area contributed by atoms with Crippen LogP contribution in [0.5, 0.6) is 0 Å². The van der Waals surface area contributed by atoms with E-state index in [-0.39, 0.29) is 12.2 Å². The number of aliphatic hydroxyl groups is 1. The smallest absolute Gasteiger partial charge is 0.338 e. The second kappa shape index (κ2) is 5.04. The van der Waals surface area contributed by atoms with Crippen molar-refractivity contribution < 1.29 is 24.3 Å². The highest BCUT2D eigenvalue weighted by Gasteiger charge is 2.34. The number of carboxylic acids is 1. The molecular weight excluding hydrogens is 271 g/mol. The topological polar surface area (TPSA) is 113 Å². The summed E-state index contributed by atoms with van der Waals surface area (Å²) < 4.78 is 13.4. The summed E-state index contributed by atoms with van der Waals surface area (Å²) >= 11 is 0. The van der Waals surface area contributed by atoms with Gasteiger partial charge in [0.05, 0.1) is 22.2 Å². The van der Waals surface area contributed by atoms with E-state index in [9.17, 15) is 24.4 Å². The zero-order valence-corrected chi connectivity index (χ0v) is 10.4. The van der Waals surface area contributed by atoms with Crippen LogP contribution in [0, 0.1) is 15.9 Å². The number of hydrogen-bond acceptors (Lipinski definition) is 5. The standard InChI is InChI=1S/C12H13FN2O5/c13-8-5-10(15(19)20)9(4-7(8)11(16)17)14-6-12(18)2-1-3-12/h4-5,14,18H,1-3,6H2,(H,16,17). The molecule has 0 spiro atoms. The van der Waals surface area contributed by atoms with E-state index < -0.39 is 33.6 Å². The molecule has 0 radical (unpaired) electrons. The molecule has 3 N–H and O–H groups in total. The average Bonchev–Trinajstić information content (AvgIpc) is 2.34. The molecule has 0 saturated heterocycles. The number of halogens is 1. The monoisotopic (exact) mass is 284 g/mol. The van der Waals surface area contributed by atoms with Gasteiger partial charge in [0.1, 0.15) is 11.5 Å². The maximum atomic E-state index is 13.4. The summed E-state index contributed by atoms with van der Waals surface area (Å²) in [5.74, 6) is -2.68. The average molecular weight is 284 g/mol. The van der Waals surface area contributed by atoms with Gasteiger partial charge in [-0.2, -0.15) is 0 Å². The normalized spacial score (nSPS) is 16.3. The summed E-state index contributed by atoms with van der Waals surface area (Å²) in [6.45, 7) is 0.0541. The molecule has 8 heteroatoms. The molecule has 0 aromatic heterocycles. The third-order valence-corrected chi connectivity index (χ3v) is 3.40. The van der Waals surface area contributed by atoms with Crippen LogP contribution in [0.2, 0.25) is 0 Å². The molecule has 0 atom stereocenters. The molecule has 1 aromatic carbocycles. The SMILES string of the molecule is O=C(O)c1cc(NCC2(O)CCC2)c([N+](=O)[O-])cc1F. The van der Waals surface area contributed by atoms with Gasteiger partial charge in [0.25, 0.3) is 5.69 Å². The predicted molar refractivity (Wildman–Crippen MR) is 67.3 cm³/mol. The molecule has 2 rings (SSSR count). The third-order valence-electron chi connectivity index (χ3n) is 3.40. The lowest BCUT2D eigenvalue weighted by atomic mass is 9.80. The largest absolute Gasteiger partial charge is 0.478 e. The van der Waals surface area contributed by atoms with E-state index in [0.717, 1.165) is 12.5 Å². The number of nitrogens with zero attached hydrogens (tertiary/aromatic N) is 1. The maximum absolute atomic E-state index is 13.4.